The van der Waals surface area contributed by atoms with Crippen LogP contribution >= 0.6 is 0 Å². The number of rotatable bonds is 6. The van der Waals surface area contributed by atoms with Gasteiger partial charge in [-0.1, -0.05) is 0 Å². The van der Waals surface area contributed by atoms with Crippen LogP contribution in [0.15, 0.2) is 0 Å². The molecule has 0 amide bonds. The molecule has 0 N–H and O–H groups in total. The average molecular weight is 228 g/mol. The maximum absolute atomic E-state index is 10.5. The molecule has 4 heteroatoms. The Morgan fingerprint density at radius 3 is 2.88 bits per heavy atom. The molecule has 2 rings (SSSR count). The Hall–Kier alpha value is -0.610. The van der Waals surface area contributed by atoms with Gasteiger partial charge in [-0.05, 0) is 38.5 Å². The summed E-state index contributed by atoms with van der Waals surface area (Å²) < 4.78 is 16.0. The normalized spacial score (nSPS) is 29.6. The van der Waals surface area contributed by atoms with Crippen molar-refractivity contribution < 1.29 is 19.0 Å². The second-order valence-electron chi connectivity index (χ2n) is 4.48. The summed E-state index contributed by atoms with van der Waals surface area (Å²) in [5.74, 6) is -0.0585. The van der Waals surface area contributed by atoms with Gasteiger partial charge in [-0.2, -0.15) is 0 Å². The molecule has 0 radical (unpaired) electrons. The van der Waals surface area contributed by atoms with E-state index in [1.807, 2.05) is 0 Å². The van der Waals surface area contributed by atoms with Crippen molar-refractivity contribution in [1.29, 1.82) is 0 Å². The van der Waals surface area contributed by atoms with Gasteiger partial charge in [-0.15, -0.1) is 0 Å². The van der Waals surface area contributed by atoms with Crippen molar-refractivity contribution in [1.82, 2.24) is 0 Å². The highest BCUT2D eigenvalue weighted by molar-refractivity contribution is 5.75. The Labute approximate surface area is 96.2 Å². The average Bonchev–Trinajstić information content (AvgIpc) is 2.27. The van der Waals surface area contributed by atoms with Crippen LogP contribution in [0.25, 0.3) is 0 Å². The van der Waals surface area contributed by atoms with E-state index >= 15 is 0 Å². The van der Waals surface area contributed by atoms with Gasteiger partial charge in [-0.25, -0.2) is 0 Å². The van der Waals surface area contributed by atoms with E-state index in [0.717, 1.165) is 45.3 Å². The van der Waals surface area contributed by atoms with E-state index in [0.29, 0.717) is 6.42 Å². The fourth-order valence-corrected chi connectivity index (χ4v) is 2.05. The second kappa shape index (κ2) is 6.21. The molecule has 0 bridgehead atoms. The summed E-state index contributed by atoms with van der Waals surface area (Å²) in [6, 6.07) is 0. The quantitative estimate of drug-likeness (QED) is 0.515. The van der Waals surface area contributed by atoms with Gasteiger partial charge in [0.25, 0.3) is 0 Å². The van der Waals surface area contributed by atoms with E-state index in [1.165, 1.54) is 6.42 Å². The fraction of sp³-hybridized carbons (Fsp3) is 0.917. The van der Waals surface area contributed by atoms with E-state index < -0.39 is 0 Å². The molecule has 0 aromatic rings. The Morgan fingerprint density at radius 2 is 2.19 bits per heavy atom. The summed E-state index contributed by atoms with van der Waals surface area (Å²) >= 11 is 0. The molecule has 16 heavy (non-hydrogen) atoms. The van der Waals surface area contributed by atoms with Gasteiger partial charge in [0, 0.05) is 13.2 Å². The van der Waals surface area contributed by atoms with Crippen molar-refractivity contribution in [2.24, 2.45) is 0 Å². The number of unbranched alkanes of at least 4 members (excludes halogenated alkanes) is 1. The standard InChI is InChI=1S/C12H20O4/c13-11-9-10(16-11)5-1-3-7-14-12-6-2-4-8-15-12/h10,12H,1-9H2. The van der Waals surface area contributed by atoms with Crippen molar-refractivity contribution in [3.05, 3.63) is 0 Å². The minimum absolute atomic E-state index is 0.0234. The van der Waals surface area contributed by atoms with Gasteiger partial charge in [0.05, 0.1) is 6.42 Å². The Morgan fingerprint density at radius 1 is 1.31 bits per heavy atom. The largest absolute Gasteiger partial charge is 0.462 e. The number of carbonyl (C=O) groups is 1. The summed E-state index contributed by atoms with van der Waals surface area (Å²) in [4.78, 5) is 10.5. The molecule has 2 heterocycles. The van der Waals surface area contributed by atoms with Crippen LogP contribution in [0.3, 0.4) is 0 Å². The third-order valence-corrected chi connectivity index (χ3v) is 3.05. The van der Waals surface area contributed by atoms with Crippen LogP contribution in [0.1, 0.15) is 44.9 Å². The summed E-state index contributed by atoms with van der Waals surface area (Å²) in [5.41, 5.74) is 0. The Balaban J connectivity index is 1.41. The summed E-state index contributed by atoms with van der Waals surface area (Å²) in [5, 5.41) is 0. The molecular formula is C12H20O4. The lowest BCUT2D eigenvalue weighted by Crippen LogP contribution is -2.32. The van der Waals surface area contributed by atoms with Gasteiger partial charge in [0.1, 0.15) is 6.10 Å². The van der Waals surface area contributed by atoms with Crippen molar-refractivity contribution in [3.63, 3.8) is 0 Å². The zero-order valence-electron chi connectivity index (χ0n) is 9.65. The molecule has 4 nitrogen and oxygen atoms in total. The second-order valence-corrected chi connectivity index (χ2v) is 4.48. The highest BCUT2D eigenvalue weighted by Gasteiger charge is 2.27. The molecule has 0 aliphatic carbocycles. The van der Waals surface area contributed by atoms with Gasteiger partial charge >= 0.3 is 5.97 Å². The highest BCUT2D eigenvalue weighted by Crippen LogP contribution is 2.19. The molecule has 2 fully saturated rings. The van der Waals surface area contributed by atoms with Gasteiger partial charge in [-0.3, -0.25) is 4.79 Å². The molecular weight excluding hydrogens is 208 g/mol. The molecule has 2 saturated heterocycles. The van der Waals surface area contributed by atoms with Crippen LogP contribution in [0, 0.1) is 0 Å². The monoisotopic (exact) mass is 228 g/mol. The van der Waals surface area contributed by atoms with Crippen LogP contribution in [0.2, 0.25) is 0 Å². The third-order valence-electron chi connectivity index (χ3n) is 3.05. The summed E-state index contributed by atoms with van der Waals surface area (Å²) in [6.07, 6.45) is 7.26. The topological polar surface area (TPSA) is 44.8 Å². The first-order chi connectivity index (χ1) is 7.84. The maximum Gasteiger partial charge on any atom is 0.309 e. The lowest BCUT2D eigenvalue weighted by Gasteiger charge is -2.25. The smallest absolute Gasteiger partial charge is 0.309 e. The minimum Gasteiger partial charge on any atom is -0.462 e. The summed E-state index contributed by atoms with van der Waals surface area (Å²) in [6.45, 7) is 1.59. The molecule has 2 unspecified atom stereocenters. The molecule has 0 saturated carbocycles. The van der Waals surface area contributed by atoms with Gasteiger partial charge in [0.2, 0.25) is 0 Å². The molecule has 2 aliphatic rings. The van der Waals surface area contributed by atoms with Crippen LogP contribution < -0.4 is 0 Å². The van der Waals surface area contributed by atoms with E-state index in [-0.39, 0.29) is 18.4 Å². The van der Waals surface area contributed by atoms with Crippen LogP contribution in [0.5, 0.6) is 0 Å². The Bertz CT molecular complexity index is 215. The Kier molecular flexibility index (Phi) is 4.60. The SMILES string of the molecule is O=C1CC(CCCCOC2CCCCO2)O1. The van der Waals surface area contributed by atoms with E-state index in [9.17, 15) is 4.79 Å². The number of esters is 1. The van der Waals surface area contributed by atoms with Crippen LogP contribution in [-0.2, 0) is 19.0 Å². The molecule has 2 atom stereocenters. The first-order valence-corrected chi connectivity index (χ1v) is 6.27. The van der Waals surface area contributed by atoms with Crippen molar-refractivity contribution in [2.75, 3.05) is 13.2 Å². The zero-order valence-corrected chi connectivity index (χ0v) is 9.65. The number of carbonyl (C=O) groups excluding carboxylic acids is 1. The number of hydrogen-bond donors (Lipinski definition) is 0. The lowest BCUT2D eigenvalue weighted by molar-refractivity contribution is -0.170. The van der Waals surface area contributed by atoms with E-state index in [2.05, 4.69) is 0 Å². The number of ether oxygens (including phenoxy) is 3. The molecule has 0 spiro atoms. The minimum atomic E-state index is -0.0585. The number of cyclic esters (lactones) is 1. The molecule has 0 aromatic carbocycles. The maximum atomic E-state index is 10.5. The first kappa shape index (κ1) is 11.9. The molecule has 92 valence electrons. The van der Waals surface area contributed by atoms with E-state index in [1.54, 1.807) is 0 Å². The lowest BCUT2D eigenvalue weighted by atomic mass is 10.1. The van der Waals surface area contributed by atoms with Gasteiger partial charge < -0.3 is 14.2 Å². The first-order valence-electron chi connectivity index (χ1n) is 6.27. The van der Waals surface area contributed by atoms with Gasteiger partial charge in [0.15, 0.2) is 6.29 Å². The van der Waals surface area contributed by atoms with E-state index in [4.69, 9.17) is 14.2 Å². The zero-order chi connectivity index (χ0) is 11.2. The molecule has 2 aliphatic heterocycles. The third kappa shape index (κ3) is 3.76. The van der Waals surface area contributed by atoms with Crippen molar-refractivity contribution in [3.8, 4) is 0 Å². The predicted molar refractivity (Wildman–Crippen MR) is 57.9 cm³/mol. The highest BCUT2D eigenvalue weighted by atomic mass is 16.7. The summed E-state index contributed by atoms with van der Waals surface area (Å²) in [7, 11) is 0. The molecule has 0 aromatic heterocycles. The van der Waals surface area contributed by atoms with Crippen molar-refractivity contribution >= 4 is 5.97 Å². The van der Waals surface area contributed by atoms with Crippen LogP contribution in [0.4, 0.5) is 0 Å². The fourth-order valence-electron chi connectivity index (χ4n) is 2.05. The predicted octanol–water partition coefficient (Wildman–Crippen LogP) is 2.02. The number of hydrogen-bond acceptors (Lipinski definition) is 4. The van der Waals surface area contributed by atoms with Crippen molar-refractivity contribution in [2.45, 2.75) is 57.3 Å². The van der Waals surface area contributed by atoms with Crippen LogP contribution in [-0.4, -0.2) is 31.6 Å².